The van der Waals surface area contributed by atoms with Gasteiger partial charge in [-0.25, -0.2) is 0 Å². The zero-order valence-corrected chi connectivity index (χ0v) is 13.7. The normalized spacial score (nSPS) is 15.9. The van der Waals surface area contributed by atoms with Crippen LogP contribution >= 0.6 is 11.6 Å². The van der Waals surface area contributed by atoms with Gasteiger partial charge in [-0.3, -0.25) is 4.90 Å². The lowest BCUT2D eigenvalue weighted by Gasteiger charge is -2.30. The smallest absolute Gasteiger partial charge is 0.179 e. The van der Waals surface area contributed by atoms with Crippen molar-refractivity contribution in [3.05, 3.63) is 22.7 Å². The summed E-state index contributed by atoms with van der Waals surface area (Å²) in [5.41, 5.74) is 7.11. The highest BCUT2D eigenvalue weighted by atomic mass is 35.5. The number of nitrogens with two attached hydrogens (primary N) is 1. The Morgan fingerprint density at radius 2 is 2.05 bits per heavy atom. The van der Waals surface area contributed by atoms with E-state index in [-0.39, 0.29) is 6.04 Å². The molecule has 0 radical (unpaired) electrons. The molecule has 1 aliphatic heterocycles. The van der Waals surface area contributed by atoms with Crippen LogP contribution in [0.15, 0.2) is 12.1 Å². The average Bonchev–Trinajstić information content (AvgIpc) is 2.73. The molecule has 0 amide bonds. The molecule has 1 aromatic rings. The fourth-order valence-corrected chi connectivity index (χ4v) is 3.03. The first-order valence-electron chi connectivity index (χ1n) is 7.74. The van der Waals surface area contributed by atoms with Crippen LogP contribution in [0.1, 0.15) is 38.3 Å². The van der Waals surface area contributed by atoms with Crippen molar-refractivity contribution in [3.63, 3.8) is 0 Å². The summed E-state index contributed by atoms with van der Waals surface area (Å²) in [5, 5.41) is 0.607. The molecule has 4 nitrogen and oxygen atoms in total. The minimum absolute atomic E-state index is 0.157. The first kappa shape index (κ1) is 16.4. The van der Waals surface area contributed by atoms with Crippen LogP contribution < -0.4 is 15.2 Å². The van der Waals surface area contributed by atoms with Crippen LogP contribution in [-0.2, 0) is 0 Å². The Kier molecular flexibility index (Phi) is 6.15. The second-order valence-electron chi connectivity index (χ2n) is 5.26. The maximum absolute atomic E-state index is 6.38. The van der Waals surface area contributed by atoms with Gasteiger partial charge in [0.1, 0.15) is 0 Å². The number of benzene rings is 1. The van der Waals surface area contributed by atoms with Gasteiger partial charge >= 0.3 is 0 Å². The maximum Gasteiger partial charge on any atom is 0.179 e. The van der Waals surface area contributed by atoms with Crippen molar-refractivity contribution >= 4 is 11.6 Å². The summed E-state index contributed by atoms with van der Waals surface area (Å²) in [5.74, 6) is 1.40. The molecule has 0 aliphatic carbocycles. The monoisotopic (exact) mass is 312 g/mol. The zero-order valence-electron chi connectivity index (χ0n) is 12.9. The van der Waals surface area contributed by atoms with Gasteiger partial charge in [0.25, 0.3) is 0 Å². The predicted molar refractivity (Wildman–Crippen MR) is 86.4 cm³/mol. The van der Waals surface area contributed by atoms with Crippen LogP contribution in [0.4, 0.5) is 0 Å². The molecule has 1 unspecified atom stereocenters. The van der Waals surface area contributed by atoms with E-state index in [0.717, 1.165) is 37.2 Å². The quantitative estimate of drug-likeness (QED) is 0.876. The van der Waals surface area contributed by atoms with Crippen LogP contribution in [0, 0.1) is 0 Å². The molecule has 0 fully saturated rings. The van der Waals surface area contributed by atoms with Gasteiger partial charge in [0.15, 0.2) is 11.5 Å². The van der Waals surface area contributed by atoms with Crippen molar-refractivity contribution < 1.29 is 9.47 Å². The third kappa shape index (κ3) is 3.82. The van der Waals surface area contributed by atoms with Gasteiger partial charge < -0.3 is 15.2 Å². The summed E-state index contributed by atoms with van der Waals surface area (Å²) in [4.78, 5) is 2.37. The summed E-state index contributed by atoms with van der Waals surface area (Å²) in [6.45, 7) is 8.17. The van der Waals surface area contributed by atoms with E-state index < -0.39 is 0 Å². The molecular formula is C16H25ClN2O2. The van der Waals surface area contributed by atoms with Crippen molar-refractivity contribution in [2.45, 2.75) is 32.7 Å². The second kappa shape index (κ2) is 7.87. The largest absolute Gasteiger partial charge is 0.489 e. The van der Waals surface area contributed by atoms with Crippen molar-refractivity contribution in [3.8, 4) is 11.5 Å². The van der Waals surface area contributed by atoms with Crippen LogP contribution in [0.25, 0.3) is 0 Å². The van der Waals surface area contributed by atoms with Crippen molar-refractivity contribution in [1.82, 2.24) is 4.90 Å². The molecule has 5 heteroatoms. The van der Waals surface area contributed by atoms with Crippen LogP contribution in [0.5, 0.6) is 11.5 Å². The number of ether oxygens (including phenoxy) is 2. The Labute approximate surface area is 132 Å². The fourth-order valence-electron chi connectivity index (χ4n) is 2.76. The molecule has 1 aromatic carbocycles. The molecule has 2 N–H and O–H groups in total. The van der Waals surface area contributed by atoms with E-state index >= 15 is 0 Å². The lowest BCUT2D eigenvalue weighted by molar-refractivity contribution is 0.212. The van der Waals surface area contributed by atoms with Crippen molar-refractivity contribution in [2.24, 2.45) is 5.73 Å². The van der Waals surface area contributed by atoms with Gasteiger partial charge in [-0.05, 0) is 37.2 Å². The Balaban J connectivity index is 2.33. The lowest BCUT2D eigenvalue weighted by atomic mass is 10.0. The molecule has 2 rings (SSSR count). The van der Waals surface area contributed by atoms with E-state index in [4.69, 9.17) is 26.8 Å². The molecule has 0 saturated carbocycles. The van der Waals surface area contributed by atoms with Gasteiger partial charge in [0.2, 0.25) is 0 Å². The third-order valence-corrected chi connectivity index (χ3v) is 4.07. The van der Waals surface area contributed by atoms with E-state index in [9.17, 15) is 0 Å². The molecule has 0 aromatic heterocycles. The summed E-state index contributed by atoms with van der Waals surface area (Å²) < 4.78 is 11.4. The van der Waals surface area contributed by atoms with Crippen LogP contribution in [0.2, 0.25) is 5.02 Å². The minimum Gasteiger partial charge on any atom is -0.489 e. The molecule has 118 valence electrons. The minimum atomic E-state index is 0.157. The Morgan fingerprint density at radius 1 is 1.29 bits per heavy atom. The Bertz CT molecular complexity index is 468. The molecule has 0 bridgehead atoms. The number of nitrogens with zero attached hydrogens (tertiary/aromatic N) is 1. The van der Waals surface area contributed by atoms with Crippen LogP contribution in [-0.4, -0.2) is 37.7 Å². The zero-order chi connectivity index (χ0) is 15.2. The summed E-state index contributed by atoms with van der Waals surface area (Å²) in [6.07, 6.45) is 1.97. The topological polar surface area (TPSA) is 47.7 Å². The van der Waals surface area contributed by atoms with Crippen LogP contribution in [0.3, 0.4) is 0 Å². The van der Waals surface area contributed by atoms with E-state index in [1.807, 2.05) is 12.1 Å². The molecule has 1 atom stereocenters. The first-order chi connectivity index (χ1) is 10.2. The summed E-state index contributed by atoms with van der Waals surface area (Å²) in [7, 11) is 0. The number of fused-ring (bicyclic) bond motifs is 1. The fraction of sp³-hybridized carbons (Fsp3) is 0.625. The van der Waals surface area contributed by atoms with Gasteiger partial charge in [-0.15, -0.1) is 0 Å². The number of halogens is 1. The van der Waals surface area contributed by atoms with Crippen molar-refractivity contribution in [2.75, 3.05) is 32.8 Å². The Hall–Kier alpha value is -0.970. The van der Waals surface area contributed by atoms with E-state index in [1.54, 1.807) is 0 Å². The van der Waals surface area contributed by atoms with Gasteiger partial charge in [-0.1, -0.05) is 25.4 Å². The van der Waals surface area contributed by atoms with Crippen molar-refractivity contribution in [1.29, 1.82) is 0 Å². The van der Waals surface area contributed by atoms with Gasteiger partial charge in [-0.2, -0.15) is 0 Å². The molecule has 1 heterocycles. The van der Waals surface area contributed by atoms with E-state index in [0.29, 0.717) is 30.5 Å². The highest BCUT2D eigenvalue weighted by Crippen LogP contribution is 2.40. The molecular weight excluding hydrogens is 288 g/mol. The van der Waals surface area contributed by atoms with E-state index in [2.05, 4.69) is 18.7 Å². The molecule has 21 heavy (non-hydrogen) atoms. The lowest BCUT2D eigenvalue weighted by Crippen LogP contribution is -2.34. The third-order valence-electron chi connectivity index (χ3n) is 3.79. The number of likely N-dealkylation sites (N-methyl/N-ethyl adjacent to an activating group) is 1. The molecule has 1 aliphatic rings. The predicted octanol–water partition coefficient (Wildman–Crippen LogP) is 3.23. The Morgan fingerprint density at radius 3 is 2.71 bits per heavy atom. The number of hydrogen-bond donors (Lipinski definition) is 1. The van der Waals surface area contributed by atoms with Gasteiger partial charge in [0, 0.05) is 19.0 Å². The van der Waals surface area contributed by atoms with E-state index in [1.165, 1.54) is 0 Å². The number of hydrogen-bond acceptors (Lipinski definition) is 4. The molecule has 0 spiro atoms. The van der Waals surface area contributed by atoms with Gasteiger partial charge in [0.05, 0.1) is 18.2 Å². The summed E-state index contributed by atoms with van der Waals surface area (Å²) in [6, 6.07) is 4.15. The maximum atomic E-state index is 6.38. The number of rotatable bonds is 6. The average molecular weight is 313 g/mol. The highest BCUT2D eigenvalue weighted by Gasteiger charge is 2.22. The SMILES string of the molecule is CCCN(CC)C(CN)c1cc(Cl)c2c(c1)OCCCO2. The standard InChI is InChI=1S/C16H25ClN2O2/c1-3-6-19(4-2)14(11-18)12-9-13(17)16-15(10-12)20-7-5-8-21-16/h9-10,14H,3-8,11,18H2,1-2H3. The first-order valence-corrected chi connectivity index (χ1v) is 8.12. The summed E-state index contributed by atoms with van der Waals surface area (Å²) >= 11 is 6.38. The molecule has 0 saturated heterocycles. The second-order valence-corrected chi connectivity index (χ2v) is 5.67. The highest BCUT2D eigenvalue weighted by molar-refractivity contribution is 6.32.